The van der Waals surface area contributed by atoms with Gasteiger partial charge in [-0.05, 0) is 28.7 Å². The molecule has 0 aliphatic heterocycles. The number of sulfonamides is 1. The van der Waals surface area contributed by atoms with E-state index in [0.717, 1.165) is 16.7 Å². The summed E-state index contributed by atoms with van der Waals surface area (Å²) in [5, 5.41) is 0. The third kappa shape index (κ3) is 5.25. The fraction of sp³-hybridized carbons (Fsp3) is 0.182. The van der Waals surface area contributed by atoms with E-state index < -0.39 is 10.0 Å². The summed E-state index contributed by atoms with van der Waals surface area (Å²) in [5.41, 5.74) is 3.11. The standard InChI is InChI=1S/C22H22FNO2S/c1-17(15-24-27(25,26)16-18-7-3-2-4-8-18)19-11-13-20(14-12-19)21-9-5-6-10-22(21)23/h2-14,17,24H,15-16H2,1H3. The highest BCUT2D eigenvalue weighted by Gasteiger charge is 2.14. The molecule has 0 aliphatic rings. The lowest BCUT2D eigenvalue weighted by Gasteiger charge is -2.14. The van der Waals surface area contributed by atoms with Gasteiger partial charge < -0.3 is 0 Å². The van der Waals surface area contributed by atoms with E-state index in [1.165, 1.54) is 6.07 Å². The molecule has 0 aromatic heterocycles. The number of nitrogens with one attached hydrogen (secondary N) is 1. The Morgan fingerprint density at radius 3 is 2.19 bits per heavy atom. The zero-order chi connectivity index (χ0) is 19.3. The zero-order valence-corrected chi connectivity index (χ0v) is 15.9. The molecule has 0 spiro atoms. The first-order valence-electron chi connectivity index (χ1n) is 8.81. The molecule has 5 heteroatoms. The normalized spacial score (nSPS) is 12.7. The molecule has 0 saturated carbocycles. The second-order valence-corrected chi connectivity index (χ2v) is 8.40. The van der Waals surface area contributed by atoms with Crippen molar-refractivity contribution in [2.24, 2.45) is 0 Å². The van der Waals surface area contributed by atoms with Crippen molar-refractivity contribution >= 4 is 10.0 Å². The van der Waals surface area contributed by atoms with Gasteiger partial charge in [0.25, 0.3) is 0 Å². The van der Waals surface area contributed by atoms with Crippen molar-refractivity contribution in [3.8, 4) is 11.1 Å². The third-order valence-corrected chi connectivity index (χ3v) is 5.79. The minimum absolute atomic E-state index is 0.00483. The van der Waals surface area contributed by atoms with Gasteiger partial charge >= 0.3 is 0 Å². The summed E-state index contributed by atoms with van der Waals surface area (Å²) in [6.07, 6.45) is 0. The molecule has 3 aromatic carbocycles. The van der Waals surface area contributed by atoms with Gasteiger partial charge in [-0.1, -0.05) is 79.7 Å². The monoisotopic (exact) mass is 383 g/mol. The van der Waals surface area contributed by atoms with E-state index in [0.29, 0.717) is 12.1 Å². The lowest BCUT2D eigenvalue weighted by Crippen LogP contribution is -2.28. The maximum Gasteiger partial charge on any atom is 0.215 e. The van der Waals surface area contributed by atoms with E-state index >= 15 is 0 Å². The van der Waals surface area contributed by atoms with Gasteiger partial charge in [0.05, 0.1) is 5.75 Å². The maximum absolute atomic E-state index is 13.9. The molecule has 1 N–H and O–H groups in total. The van der Waals surface area contributed by atoms with E-state index in [4.69, 9.17) is 0 Å². The third-order valence-electron chi connectivity index (χ3n) is 4.47. The Morgan fingerprint density at radius 2 is 1.52 bits per heavy atom. The van der Waals surface area contributed by atoms with Gasteiger partial charge in [-0.15, -0.1) is 0 Å². The highest BCUT2D eigenvalue weighted by molar-refractivity contribution is 7.88. The van der Waals surface area contributed by atoms with Crippen LogP contribution in [0, 0.1) is 5.82 Å². The van der Waals surface area contributed by atoms with Crippen LogP contribution in [-0.4, -0.2) is 15.0 Å². The SMILES string of the molecule is CC(CNS(=O)(=O)Cc1ccccc1)c1ccc(-c2ccccc2F)cc1. The molecule has 0 fully saturated rings. The number of benzene rings is 3. The average Bonchev–Trinajstić information content (AvgIpc) is 2.67. The summed E-state index contributed by atoms with van der Waals surface area (Å²) >= 11 is 0. The summed E-state index contributed by atoms with van der Waals surface area (Å²) in [4.78, 5) is 0. The lowest BCUT2D eigenvalue weighted by molar-refractivity contribution is 0.574. The first kappa shape index (κ1) is 19.3. The van der Waals surface area contributed by atoms with Crippen LogP contribution in [0.25, 0.3) is 11.1 Å². The molecule has 0 amide bonds. The number of halogens is 1. The minimum Gasteiger partial charge on any atom is -0.214 e. The second-order valence-electron chi connectivity index (χ2n) is 6.60. The number of hydrogen-bond acceptors (Lipinski definition) is 2. The van der Waals surface area contributed by atoms with Crippen LogP contribution in [0.4, 0.5) is 4.39 Å². The Hall–Kier alpha value is -2.50. The van der Waals surface area contributed by atoms with Gasteiger partial charge in [-0.25, -0.2) is 17.5 Å². The van der Waals surface area contributed by atoms with Crippen molar-refractivity contribution in [1.82, 2.24) is 4.72 Å². The smallest absolute Gasteiger partial charge is 0.214 e. The van der Waals surface area contributed by atoms with E-state index in [-0.39, 0.29) is 17.5 Å². The summed E-state index contributed by atoms with van der Waals surface area (Å²) in [5.74, 6) is -0.288. The maximum atomic E-state index is 13.9. The van der Waals surface area contributed by atoms with Gasteiger partial charge in [0, 0.05) is 12.1 Å². The molecule has 0 heterocycles. The second kappa shape index (κ2) is 8.46. The Bertz CT molecular complexity index is 986. The topological polar surface area (TPSA) is 46.2 Å². The van der Waals surface area contributed by atoms with Crippen LogP contribution in [0.1, 0.15) is 24.0 Å². The molecule has 3 rings (SSSR count). The molecular weight excluding hydrogens is 361 g/mol. The first-order valence-corrected chi connectivity index (χ1v) is 10.5. The van der Waals surface area contributed by atoms with Gasteiger partial charge in [-0.3, -0.25) is 0 Å². The molecule has 3 aromatic rings. The molecule has 1 unspecified atom stereocenters. The summed E-state index contributed by atoms with van der Waals surface area (Å²) < 4.78 is 41.1. The molecular formula is C22H22FNO2S. The Balaban J connectivity index is 1.63. The molecule has 0 saturated heterocycles. The largest absolute Gasteiger partial charge is 0.215 e. The molecule has 140 valence electrons. The van der Waals surface area contributed by atoms with E-state index in [9.17, 15) is 12.8 Å². The lowest BCUT2D eigenvalue weighted by atomic mass is 9.97. The molecule has 27 heavy (non-hydrogen) atoms. The predicted octanol–water partition coefficient (Wildman–Crippen LogP) is 4.72. The average molecular weight is 383 g/mol. The minimum atomic E-state index is -3.39. The summed E-state index contributed by atoms with van der Waals surface area (Å²) in [6.45, 7) is 2.28. The van der Waals surface area contributed by atoms with Crippen LogP contribution in [0.3, 0.4) is 0 Å². The van der Waals surface area contributed by atoms with E-state index in [2.05, 4.69) is 4.72 Å². The van der Waals surface area contributed by atoms with Gasteiger partial charge in [0.1, 0.15) is 5.82 Å². The van der Waals surface area contributed by atoms with Crippen molar-refractivity contribution < 1.29 is 12.8 Å². The molecule has 3 nitrogen and oxygen atoms in total. The quantitative estimate of drug-likeness (QED) is 0.642. The van der Waals surface area contributed by atoms with Crippen molar-refractivity contribution in [3.63, 3.8) is 0 Å². The Labute approximate surface area is 159 Å². The van der Waals surface area contributed by atoms with Crippen molar-refractivity contribution in [2.45, 2.75) is 18.6 Å². The number of rotatable bonds is 7. The Kier molecular flexibility index (Phi) is 6.04. The van der Waals surface area contributed by atoms with Gasteiger partial charge in [-0.2, -0.15) is 0 Å². The zero-order valence-electron chi connectivity index (χ0n) is 15.1. The predicted molar refractivity (Wildman–Crippen MR) is 107 cm³/mol. The van der Waals surface area contributed by atoms with Crippen molar-refractivity contribution in [1.29, 1.82) is 0 Å². The molecule has 1 atom stereocenters. The van der Waals surface area contributed by atoms with E-state index in [1.54, 1.807) is 30.3 Å². The highest BCUT2D eigenvalue weighted by atomic mass is 32.2. The van der Waals surface area contributed by atoms with Crippen LogP contribution in [0.5, 0.6) is 0 Å². The van der Waals surface area contributed by atoms with Gasteiger partial charge in [0.2, 0.25) is 10.0 Å². The summed E-state index contributed by atoms with van der Waals surface area (Å²) in [7, 11) is -3.39. The van der Waals surface area contributed by atoms with Crippen LogP contribution in [0.2, 0.25) is 0 Å². The summed E-state index contributed by atoms with van der Waals surface area (Å²) in [6, 6.07) is 23.3. The van der Waals surface area contributed by atoms with Crippen molar-refractivity contribution in [2.75, 3.05) is 6.54 Å². The van der Waals surface area contributed by atoms with Crippen LogP contribution in [0.15, 0.2) is 78.9 Å². The fourth-order valence-electron chi connectivity index (χ4n) is 2.90. The molecule has 0 aliphatic carbocycles. The molecule has 0 bridgehead atoms. The van der Waals surface area contributed by atoms with Crippen LogP contribution < -0.4 is 4.72 Å². The van der Waals surface area contributed by atoms with Crippen molar-refractivity contribution in [3.05, 3.63) is 95.8 Å². The number of hydrogen-bond donors (Lipinski definition) is 1. The van der Waals surface area contributed by atoms with Crippen LogP contribution in [-0.2, 0) is 15.8 Å². The first-order chi connectivity index (χ1) is 12.9. The fourth-order valence-corrected chi connectivity index (χ4v) is 4.14. The highest BCUT2D eigenvalue weighted by Crippen LogP contribution is 2.25. The van der Waals surface area contributed by atoms with Crippen LogP contribution >= 0.6 is 0 Å². The van der Waals surface area contributed by atoms with E-state index in [1.807, 2.05) is 49.4 Å². The molecule has 0 radical (unpaired) electrons. The van der Waals surface area contributed by atoms with Gasteiger partial charge in [0.15, 0.2) is 0 Å². The Morgan fingerprint density at radius 1 is 0.889 bits per heavy atom.